The molecule has 1 heteroatoms. The molecule has 3 rings (SSSR count). The van der Waals surface area contributed by atoms with Gasteiger partial charge >= 0.3 is 0 Å². The minimum Gasteiger partial charge on any atom is -0.310 e. The minimum absolute atomic E-state index is 0.732. The third-order valence-electron chi connectivity index (χ3n) is 5.34. The van der Waals surface area contributed by atoms with E-state index in [4.69, 9.17) is 0 Å². The van der Waals surface area contributed by atoms with Crippen molar-refractivity contribution in [3.63, 3.8) is 0 Å². The van der Waals surface area contributed by atoms with Gasteiger partial charge in [0, 0.05) is 6.04 Å². The molecule has 0 aromatic heterocycles. The van der Waals surface area contributed by atoms with Gasteiger partial charge in [0.25, 0.3) is 0 Å². The summed E-state index contributed by atoms with van der Waals surface area (Å²) in [5.74, 6) is 3.20. The van der Waals surface area contributed by atoms with Crippen LogP contribution in [0.2, 0.25) is 0 Å². The van der Waals surface area contributed by atoms with E-state index in [9.17, 15) is 0 Å². The fourth-order valence-electron chi connectivity index (χ4n) is 4.26. The van der Waals surface area contributed by atoms with Gasteiger partial charge in [0.1, 0.15) is 0 Å². The molecule has 0 bridgehead atoms. The maximum absolute atomic E-state index is 3.88. The van der Waals surface area contributed by atoms with E-state index in [1.165, 1.54) is 57.9 Å². The second-order valence-corrected chi connectivity index (χ2v) is 6.80. The summed E-state index contributed by atoms with van der Waals surface area (Å²) in [6, 6.07) is 0.732. The average molecular weight is 247 g/mol. The van der Waals surface area contributed by atoms with Crippen LogP contribution in [0, 0.1) is 17.8 Å². The molecule has 2 saturated carbocycles. The van der Waals surface area contributed by atoms with E-state index < -0.39 is 0 Å². The molecular weight excluding hydrogens is 218 g/mol. The number of nitrogens with one attached hydrogen (secondary N) is 1. The van der Waals surface area contributed by atoms with Crippen LogP contribution in [0.4, 0.5) is 0 Å². The van der Waals surface area contributed by atoms with Crippen LogP contribution in [0.3, 0.4) is 0 Å². The SMILES string of the molecule is CCCNC(C1=CCCCCC1)C1CC2CC2C1. The lowest BCUT2D eigenvalue weighted by Gasteiger charge is -2.28. The van der Waals surface area contributed by atoms with Crippen LogP contribution in [0.25, 0.3) is 0 Å². The first-order valence-corrected chi connectivity index (χ1v) is 8.30. The van der Waals surface area contributed by atoms with Crippen LogP contribution in [0.15, 0.2) is 11.6 Å². The van der Waals surface area contributed by atoms with Gasteiger partial charge in [-0.1, -0.05) is 25.0 Å². The van der Waals surface area contributed by atoms with E-state index in [2.05, 4.69) is 18.3 Å². The van der Waals surface area contributed by atoms with E-state index in [-0.39, 0.29) is 0 Å². The lowest BCUT2D eigenvalue weighted by molar-refractivity contribution is 0.363. The van der Waals surface area contributed by atoms with Crippen molar-refractivity contribution in [1.29, 1.82) is 0 Å². The first-order valence-electron chi connectivity index (χ1n) is 8.30. The molecule has 3 aliphatic carbocycles. The Bertz CT molecular complexity index is 297. The van der Waals surface area contributed by atoms with Crippen molar-refractivity contribution < 1.29 is 0 Å². The Hall–Kier alpha value is -0.300. The van der Waals surface area contributed by atoms with Crippen molar-refractivity contribution in [3.05, 3.63) is 11.6 Å². The zero-order chi connectivity index (χ0) is 12.4. The van der Waals surface area contributed by atoms with E-state index in [1.54, 1.807) is 12.0 Å². The van der Waals surface area contributed by atoms with Crippen molar-refractivity contribution in [3.8, 4) is 0 Å². The van der Waals surface area contributed by atoms with Crippen LogP contribution in [-0.4, -0.2) is 12.6 Å². The van der Waals surface area contributed by atoms with Crippen LogP contribution < -0.4 is 5.32 Å². The summed E-state index contributed by atoms with van der Waals surface area (Å²) >= 11 is 0. The molecule has 0 heterocycles. The van der Waals surface area contributed by atoms with Crippen molar-refractivity contribution >= 4 is 0 Å². The van der Waals surface area contributed by atoms with Gasteiger partial charge in [-0.25, -0.2) is 0 Å². The largest absolute Gasteiger partial charge is 0.310 e. The van der Waals surface area contributed by atoms with Gasteiger partial charge in [-0.05, 0) is 75.7 Å². The van der Waals surface area contributed by atoms with E-state index in [1.807, 2.05) is 0 Å². The molecule has 0 saturated heterocycles. The van der Waals surface area contributed by atoms with E-state index >= 15 is 0 Å². The average Bonchev–Trinajstić information content (AvgIpc) is 3.08. The Kier molecular flexibility index (Phi) is 4.08. The summed E-state index contributed by atoms with van der Waals surface area (Å²) in [6.45, 7) is 3.49. The Morgan fingerprint density at radius 1 is 1.17 bits per heavy atom. The molecule has 3 unspecified atom stereocenters. The summed E-state index contributed by atoms with van der Waals surface area (Å²) in [5, 5.41) is 3.88. The first kappa shape index (κ1) is 12.7. The molecule has 1 N–H and O–H groups in total. The molecule has 1 nitrogen and oxygen atoms in total. The fraction of sp³-hybridized carbons (Fsp3) is 0.882. The van der Waals surface area contributed by atoms with Gasteiger partial charge < -0.3 is 5.32 Å². The maximum atomic E-state index is 3.88. The lowest BCUT2D eigenvalue weighted by atomic mass is 9.86. The van der Waals surface area contributed by atoms with Crippen LogP contribution in [0.1, 0.15) is 64.7 Å². The smallest absolute Gasteiger partial charge is 0.0308 e. The number of hydrogen-bond donors (Lipinski definition) is 1. The Balaban J connectivity index is 1.65. The third kappa shape index (κ3) is 2.82. The Morgan fingerprint density at radius 3 is 2.78 bits per heavy atom. The quantitative estimate of drug-likeness (QED) is 0.715. The monoisotopic (exact) mass is 247 g/mol. The molecule has 0 aliphatic heterocycles. The van der Waals surface area contributed by atoms with Crippen molar-refractivity contribution in [2.24, 2.45) is 17.8 Å². The van der Waals surface area contributed by atoms with Gasteiger partial charge in [0.15, 0.2) is 0 Å². The molecule has 2 fully saturated rings. The predicted molar refractivity (Wildman–Crippen MR) is 77.6 cm³/mol. The summed E-state index contributed by atoms with van der Waals surface area (Å²) in [4.78, 5) is 0. The van der Waals surface area contributed by atoms with Crippen molar-refractivity contribution in [2.45, 2.75) is 70.8 Å². The molecule has 0 aromatic carbocycles. The highest BCUT2D eigenvalue weighted by atomic mass is 14.9. The normalized spacial score (nSPS) is 36.7. The number of hydrogen-bond acceptors (Lipinski definition) is 1. The highest BCUT2D eigenvalue weighted by molar-refractivity contribution is 5.16. The Morgan fingerprint density at radius 2 is 2.00 bits per heavy atom. The van der Waals surface area contributed by atoms with Gasteiger partial charge in [0.2, 0.25) is 0 Å². The zero-order valence-corrected chi connectivity index (χ0v) is 12.0. The van der Waals surface area contributed by atoms with Crippen LogP contribution in [-0.2, 0) is 0 Å². The van der Waals surface area contributed by atoms with Gasteiger partial charge in [-0.2, -0.15) is 0 Å². The molecule has 18 heavy (non-hydrogen) atoms. The summed E-state index contributed by atoms with van der Waals surface area (Å²) in [6.07, 6.45) is 15.4. The summed E-state index contributed by atoms with van der Waals surface area (Å²) in [5.41, 5.74) is 1.77. The Labute approximate surface area is 112 Å². The summed E-state index contributed by atoms with van der Waals surface area (Å²) < 4.78 is 0. The zero-order valence-electron chi connectivity index (χ0n) is 12.0. The maximum Gasteiger partial charge on any atom is 0.0308 e. The molecule has 3 atom stereocenters. The molecule has 102 valence electrons. The molecule has 0 radical (unpaired) electrons. The predicted octanol–water partition coefficient (Wildman–Crippen LogP) is 4.29. The molecule has 0 spiro atoms. The van der Waals surface area contributed by atoms with Crippen LogP contribution >= 0.6 is 0 Å². The van der Waals surface area contributed by atoms with Crippen LogP contribution in [0.5, 0.6) is 0 Å². The van der Waals surface area contributed by atoms with Gasteiger partial charge in [-0.15, -0.1) is 0 Å². The highest BCUT2D eigenvalue weighted by Crippen LogP contribution is 2.55. The highest BCUT2D eigenvalue weighted by Gasteiger charge is 2.48. The molecule has 0 aromatic rings. The number of fused-ring (bicyclic) bond motifs is 1. The molecule has 0 amide bonds. The second kappa shape index (κ2) is 5.77. The number of rotatable bonds is 5. The van der Waals surface area contributed by atoms with Crippen molar-refractivity contribution in [2.75, 3.05) is 6.54 Å². The van der Waals surface area contributed by atoms with Gasteiger partial charge in [-0.3, -0.25) is 0 Å². The van der Waals surface area contributed by atoms with Gasteiger partial charge in [0.05, 0.1) is 0 Å². The lowest BCUT2D eigenvalue weighted by Crippen LogP contribution is -2.38. The van der Waals surface area contributed by atoms with E-state index in [0.29, 0.717) is 0 Å². The standard InChI is InChI=1S/C17H29N/c1-2-9-18-17(13-7-5-3-4-6-8-13)16-11-14-10-15(14)12-16/h7,14-18H,2-6,8-12H2,1H3. The van der Waals surface area contributed by atoms with E-state index in [0.717, 1.165) is 23.8 Å². The first-order chi connectivity index (χ1) is 8.88. The third-order valence-corrected chi connectivity index (χ3v) is 5.34. The number of allylic oxidation sites excluding steroid dienone is 1. The molecule has 3 aliphatic rings. The van der Waals surface area contributed by atoms with Crippen molar-refractivity contribution in [1.82, 2.24) is 5.32 Å². The fourth-order valence-corrected chi connectivity index (χ4v) is 4.26. The second-order valence-electron chi connectivity index (χ2n) is 6.80. The molecular formula is C17H29N. The summed E-state index contributed by atoms with van der Waals surface area (Å²) in [7, 11) is 0. The topological polar surface area (TPSA) is 12.0 Å². The minimum atomic E-state index is 0.732.